The largest absolute Gasteiger partial charge is 0.412 e. The molecule has 2 fully saturated rings. The van der Waals surface area contributed by atoms with Gasteiger partial charge in [0.15, 0.2) is 0 Å². The van der Waals surface area contributed by atoms with Crippen LogP contribution in [0, 0.1) is 11.8 Å². The molecule has 21 heavy (non-hydrogen) atoms. The first-order valence-electron chi connectivity index (χ1n) is 7.49. The predicted octanol–water partition coefficient (Wildman–Crippen LogP) is 2.61. The van der Waals surface area contributed by atoms with Gasteiger partial charge in [-0.1, -0.05) is 24.6 Å². The number of amides is 1. The molecule has 0 bridgehead atoms. The molecule has 5 nitrogen and oxygen atoms in total. The number of carbonyl (C=O) groups is 1. The van der Waals surface area contributed by atoms with Gasteiger partial charge in [-0.2, -0.15) is 0 Å². The summed E-state index contributed by atoms with van der Waals surface area (Å²) in [5.74, 6) is 1.72. The number of aromatic nitrogens is 2. The molecular formula is C16H17N3O2. The van der Waals surface area contributed by atoms with E-state index in [2.05, 4.69) is 10.2 Å². The Morgan fingerprint density at radius 3 is 2.52 bits per heavy atom. The van der Waals surface area contributed by atoms with E-state index in [1.807, 2.05) is 35.2 Å². The van der Waals surface area contributed by atoms with E-state index < -0.39 is 0 Å². The molecule has 1 aromatic carbocycles. The standard InChI is InChI=1S/C16H17N3O2/c20-16(19-9-12-7-4-8-13(12)10-19)15-18-17-14(21-15)11-5-2-1-3-6-11/h1-3,5-6,12-13H,4,7-10H2/t12-,13+. The van der Waals surface area contributed by atoms with E-state index in [1.54, 1.807) is 0 Å². The van der Waals surface area contributed by atoms with Gasteiger partial charge in [-0.05, 0) is 36.8 Å². The summed E-state index contributed by atoms with van der Waals surface area (Å²) in [6, 6.07) is 9.52. The van der Waals surface area contributed by atoms with Crippen molar-refractivity contribution in [2.45, 2.75) is 19.3 Å². The van der Waals surface area contributed by atoms with Crippen molar-refractivity contribution in [3.63, 3.8) is 0 Å². The van der Waals surface area contributed by atoms with Gasteiger partial charge in [-0.3, -0.25) is 4.79 Å². The number of rotatable bonds is 2. The van der Waals surface area contributed by atoms with Gasteiger partial charge in [0.2, 0.25) is 5.89 Å². The lowest BCUT2D eigenvalue weighted by atomic mass is 10.0. The average Bonchev–Trinajstić information content (AvgIpc) is 3.22. The predicted molar refractivity (Wildman–Crippen MR) is 76.5 cm³/mol. The van der Waals surface area contributed by atoms with Crippen LogP contribution in [0.25, 0.3) is 11.5 Å². The van der Waals surface area contributed by atoms with Crippen LogP contribution >= 0.6 is 0 Å². The first-order valence-corrected chi connectivity index (χ1v) is 7.49. The Kier molecular flexibility index (Phi) is 2.98. The van der Waals surface area contributed by atoms with Crippen molar-refractivity contribution in [1.82, 2.24) is 15.1 Å². The molecule has 1 aliphatic heterocycles. The Bertz CT molecular complexity index is 641. The molecule has 1 saturated heterocycles. The van der Waals surface area contributed by atoms with Crippen molar-refractivity contribution in [3.8, 4) is 11.5 Å². The van der Waals surface area contributed by atoms with Crippen LogP contribution in [0.3, 0.4) is 0 Å². The first kappa shape index (κ1) is 12.6. The summed E-state index contributed by atoms with van der Waals surface area (Å²) in [6.07, 6.45) is 3.79. The van der Waals surface area contributed by atoms with E-state index >= 15 is 0 Å². The molecule has 0 N–H and O–H groups in total. The zero-order valence-electron chi connectivity index (χ0n) is 11.7. The van der Waals surface area contributed by atoms with Gasteiger partial charge < -0.3 is 9.32 Å². The summed E-state index contributed by atoms with van der Waals surface area (Å²) in [5.41, 5.74) is 0.836. The second-order valence-corrected chi connectivity index (χ2v) is 5.94. The SMILES string of the molecule is O=C(c1nnc(-c2ccccc2)o1)N1C[C@H]2CCC[C@H]2C1. The van der Waals surface area contributed by atoms with Gasteiger partial charge in [-0.25, -0.2) is 0 Å². The summed E-state index contributed by atoms with van der Waals surface area (Å²) in [4.78, 5) is 14.3. The van der Waals surface area contributed by atoms with E-state index in [-0.39, 0.29) is 11.8 Å². The maximum absolute atomic E-state index is 12.5. The average molecular weight is 283 g/mol. The van der Waals surface area contributed by atoms with Crippen LogP contribution in [0.15, 0.2) is 34.7 Å². The lowest BCUT2D eigenvalue weighted by Gasteiger charge is -2.14. The summed E-state index contributed by atoms with van der Waals surface area (Å²) < 4.78 is 5.55. The Morgan fingerprint density at radius 1 is 1.10 bits per heavy atom. The molecule has 1 aromatic heterocycles. The maximum Gasteiger partial charge on any atom is 0.311 e. The third-order valence-corrected chi connectivity index (χ3v) is 4.64. The molecule has 2 aromatic rings. The topological polar surface area (TPSA) is 59.2 Å². The van der Waals surface area contributed by atoms with Crippen LogP contribution in [-0.4, -0.2) is 34.1 Å². The molecule has 2 atom stereocenters. The molecule has 0 radical (unpaired) electrons. The van der Waals surface area contributed by atoms with E-state index in [0.717, 1.165) is 18.7 Å². The van der Waals surface area contributed by atoms with Gasteiger partial charge in [0.05, 0.1) is 0 Å². The Morgan fingerprint density at radius 2 is 1.81 bits per heavy atom. The summed E-state index contributed by atoms with van der Waals surface area (Å²) >= 11 is 0. The number of nitrogens with zero attached hydrogens (tertiary/aromatic N) is 3. The fourth-order valence-electron chi connectivity index (χ4n) is 3.54. The van der Waals surface area contributed by atoms with Crippen LogP contribution in [0.1, 0.15) is 29.9 Å². The Hall–Kier alpha value is -2.17. The Balaban J connectivity index is 1.52. The zero-order valence-corrected chi connectivity index (χ0v) is 11.7. The fourth-order valence-corrected chi connectivity index (χ4v) is 3.54. The van der Waals surface area contributed by atoms with E-state index in [4.69, 9.17) is 4.42 Å². The van der Waals surface area contributed by atoms with Crippen molar-refractivity contribution in [2.24, 2.45) is 11.8 Å². The van der Waals surface area contributed by atoms with Crippen molar-refractivity contribution < 1.29 is 9.21 Å². The number of hydrogen-bond acceptors (Lipinski definition) is 4. The molecule has 1 amide bonds. The third-order valence-electron chi connectivity index (χ3n) is 4.64. The molecule has 2 heterocycles. The lowest BCUT2D eigenvalue weighted by molar-refractivity contribution is 0.0741. The van der Waals surface area contributed by atoms with Crippen molar-refractivity contribution in [2.75, 3.05) is 13.1 Å². The summed E-state index contributed by atoms with van der Waals surface area (Å²) in [5, 5.41) is 7.91. The molecule has 2 aliphatic rings. The van der Waals surface area contributed by atoms with Gasteiger partial charge in [0.25, 0.3) is 0 Å². The van der Waals surface area contributed by atoms with Crippen molar-refractivity contribution >= 4 is 5.91 Å². The lowest BCUT2D eigenvalue weighted by Crippen LogP contribution is -2.29. The molecule has 1 saturated carbocycles. The number of likely N-dealkylation sites (tertiary alicyclic amines) is 1. The molecular weight excluding hydrogens is 266 g/mol. The van der Waals surface area contributed by atoms with Gasteiger partial charge in [0, 0.05) is 18.7 Å². The van der Waals surface area contributed by atoms with Crippen LogP contribution in [0.4, 0.5) is 0 Å². The highest BCUT2D eigenvalue weighted by Gasteiger charge is 2.39. The number of hydrogen-bond donors (Lipinski definition) is 0. The van der Waals surface area contributed by atoms with Gasteiger partial charge in [0.1, 0.15) is 0 Å². The molecule has 1 aliphatic carbocycles. The molecule has 0 spiro atoms. The molecule has 4 rings (SSSR count). The van der Waals surface area contributed by atoms with Crippen LogP contribution in [0.5, 0.6) is 0 Å². The quantitative estimate of drug-likeness (QED) is 0.850. The third kappa shape index (κ3) is 2.22. The van der Waals surface area contributed by atoms with Crippen LogP contribution < -0.4 is 0 Å². The summed E-state index contributed by atoms with van der Waals surface area (Å²) in [6.45, 7) is 1.68. The normalized spacial score (nSPS) is 24.3. The first-order chi connectivity index (χ1) is 10.3. The molecule has 0 unspecified atom stereocenters. The van der Waals surface area contributed by atoms with Crippen molar-refractivity contribution in [3.05, 3.63) is 36.2 Å². The van der Waals surface area contributed by atoms with E-state index in [0.29, 0.717) is 17.7 Å². The fraction of sp³-hybridized carbons (Fsp3) is 0.438. The van der Waals surface area contributed by atoms with E-state index in [9.17, 15) is 4.79 Å². The van der Waals surface area contributed by atoms with Crippen LogP contribution in [-0.2, 0) is 0 Å². The second-order valence-electron chi connectivity index (χ2n) is 5.94. The zero-order chi connectivity index (χ0) is 14.2. The smallest absolute Gasteiger partial charge is 0.311 e. The van der Waals surface area contributed by atoms with Gasteiger partial charge in [-0.15, -0.1) is 10.2 Å². The second kappa shape index (κ2) is 4.98. The number of carbonyl (C=O) groups excluding carboxylic acids is 1. The summed E-state index contributed by atoms with van der Waals surface area (Å²) in [7, 11) is 0. The minimum absolute atomic E-state index is 0.105. The maximum atomic E-state index is 12.5. The Labute approximate surface area is 123 Å². The van der Waals surface area contributed by atoms with Crippen molar-refractivity contribution in [1.29, 1.82) is 0 Å². The van der Waals surface area contributed by atoms with Crippen LogP contribution in [0.2, 0.25) is 0 Å². The highest BCUT2D eigenvalue weighted by atomic mass is 16.4. The monoisotopic (exact) mass is 283 g/mol. The van der Waals surface area contributed by atoms with Gasteiger partial charge >= 0.3 is 11.8 Å². The highest BCUT2D eigenvalue weighted by Crippen LogP contribution is 2.38. The number of fused-ring (bicyclic) bond motifs is 1. The molecule has 108 valence electrons. The highest BCUT2D eigenvalue weighted by molar-refractivity contribution is 5.90. The molecule has 5 heteroatoms. The number of benzene rings is 1. The minimum Gasteiger partial charge on any atom is -0.412 e. The minimum atomic E-state index is -0.126. The van der Waals surface area contributed by atoms with E-state index in [1.165, 1.54) is 19.3 Å².